The van der Waals surface area contributed by atoms with Crippen molar-refractivity contribution in [1.82, 2.24) is 9.97 Å². The lowest BCUT2D eigenvalue weighted by molar-refractivity contribution is 0.632. The van der Waals surface area contributed by atoms with Crippen molar-refractivity contribution in [2.75, 3.05) is 0 Å². The number of hydrogen-bond donors (Lipinski definition) is 1. The van der Waals surface area contributed by atoms with Gasteiger partial charge >= 0.3 is 0 Å². The van der Waals surface area contributed by atoms with E-state index in [0.29, 0.717) is 0 Å². The Balaban J connectivity index is 2.26. The van der Waals surface area contributed by atoms with E-state index in [4.69, 9.17) is 5.73 Å². The van der Waals surface area contributed by atoms with Crippen molar-refractivity contribution in [2.45, 2.75) is 36.7 Å². The third-order valence-electron chi connectivity index (χ3n) is 3.01. The van der Waals surface area contributed by atoms with Crippen LogP contribution in [0.1, 0.15) is 29.7 Å². The molecule has 2 N–H and O–H groups in total. The summed E-state index contributed by atoms with van der Waals surface area (Å²) >= 11 is 1.64. The van der Waals surface area contributed by atoms with Crippen molar-refractivity contribution in [3.8, 4) is 0 Å². The number of thioether (sulfide) groups is 1. The maximum Gasteiger partial charge on any atom is 0.188 e. The number of aromatic nitrogens is 2. The van der Waals surface area contributed by atoms with Crippen LogP contribution in [-0.4, -0.2) is 16.0 Å². The fraction of sp³-hybridized carbons (Fsp3) is 0.333. The molecule has 0 amide bonds. The second-order valence-corrected chi connectivity index (χ2v) is 5.66. The minimum atomic E-state index is 0.0932. The first-order valence-corrected chi connectivity index (χ1v) is 7.34. The molecule has 100 valence electrons. The summed E-state index contributed by atoms with van der Waals surface area (Å²) in [5.41, 5.74) is 8.76. The van der Waals surface area contributed by atoms with E-state index in [1.54, 1.807) is 24.2 Å². The third-order valence-corrected chi connectivity index (χ3v) is 4.30. The molecule has 0 aliphatic rings. The average Bonchev–Trinajstić information content (AvgIpc) is 2.45. The predicted molar refractivity (Wildman–Crippen MR) is 80.1 cm³/mol. The zero-order valence-corrected chi connectivity index (χ0v) is 12.1. The van der Waals surface area contributed by atoms with Gasteiger partial charge in [0.25, 0.3) is 0 Å². The Labute approximate surface area is 118 Å². The second-order valence-electron chi connectivity index (χ2n) is 4.56. The van der Waals surface area contributed by atoms with Crippen LogP contribution in [0.2, 0.25) is 0 Å². The van der Waals surface area contributed by atoms with E-state index in [1.807, 2.05) is 6.07 Å². The molecule has 3 nitrogen and oxygen atoms in total. The smallest absolute Gasteiger partial charge is 0.188 e. The van der Waals surface area contributed by atoms with E-state index in [1.165, 1.54) is 11.1 Å². The van der Waals surface area contributed by atoms with Crippen molar-refractivity contribution in [3.05, 3.63) is 53.9 Å². The summed E-state index contributed by atoms with van der Waals surface area (Å²) in [5.74, 6) is 0. The normalized spacial score (nSPS) is 14.1. The lowest BCUT2D eigenvalue weighted by Gasteiger charge is -2.22. The van der Waals surface area contributed by atoms with E-state index in [9.17, 15) is 0 Å². The topological polar surface area (TPSA) is 51.8 Å². The summed E-state index contributed by atoms with van der Waals surface area (Å²) in [5, 5.41) is 0.963. The molecule has 0 bridgehead atoms. The molecular weight excluding hydrogens is 254 g/mol. The molecule has 19 heavy (non-hydrogen) atoms. The van der Waals surface area contributed by atoms with Gasteiger partial charge in [-0.15, -0.1) is 0 Å². The van der Waals surface area contributed by atoms with E-state index in [2.05, 4.69) is 48.1 Å². The Hall–Kier alpha value is -1.39. The molecule has 2 unspecified atom stereocenters. The van der Waals surface area contributed by atoms with E-state index in [-0.39, 0.29) is 11.3 Å². The Morgan fingerprint density at radius 1 is 1.21 bits per heavy atom. The van der Waals surface area contributed by atoms with Crippen LogP contribution < -0.4 is 5.73 Å². The van der Waals surface area contributed by atoms with Crippen molar-refractivity contribution in [1.29, 1.82) is 0 Å². The summed E-state index contributed by atoms with van der Waals surface area (Å²) in [6.45, 7) is 4.21. The zero-order chi connectivity index (χ0) is 13.7. The van der Waals surface area contributed by atoms with Gasteiger partial charge in [-0.05, 0) is 25.0 Å². The van der Waals surface area contributed by atoms with Gasteiger partial charge in [-0.3, -0.25) is 0 Å². The van der Waals surface area contributed by atoms with Gasteiger partial charge < -0.3 is 5.73 Å². The number of hydrogen-bond acceptors (Lipinski definition) is 4. The molecule has 4 heteroatoms. The van der Waals surface area contributed by atoms with Gasteiger partial charge in [0.2, 0.25) is 0 Å². The number of benzene rings is 1. The van der Waals surface area contributed by atoms with Gasteiger partial charge in [-0.2, -0.15) is 0 Å². The van der Waals surface area contributed by atoms with Crippen LogP contribution in [0.4, 0.5) is 0 Å². The predicted octanol–water partition coefficient (Wildman–Crippen LogP) is 3.36. The number of nitrogens with zero attached hydrogens (tertiary/aromatic N) is 2. The maximum atomic E-state index is 6.27. The number of nitrogens with two attached hydrogens (primary N) is 1. The Morgan fingerprint density at radius 3 is 2.58 bits per heavy atom. The van der Waals surface area contributed by atoms with Crippen LogP contribution in [-0.2, 0) is 0 Å². The molecule has 1 aromatic heterocycles. The summed E-state index contributed by atoms with van der Waals surface area (Å²) in [6, 6.07) is 10.4. The van der Waals surface area contributed by atoms with E-state index < -0.39 is 0 Å². The molecule has 0 saturated carbocycles. The molecule has 2 aromatic rings. The van der Waals surface area contributed by atoms with E-state index in [0.717, 1.165) is 11.6 Å². The van der Waals surface area contributed by atoms with Crippen LogP contribution in [0.25, 0.3) is 0 Å². The summed E-state index contributed by atoms with van der Waals surface area (Å²) in [4.78, 5) is 8.56. The van der Waals surface area contributed by atoms with Crippen LogP contribution >= 0.6 is 11.8 Å². The molecule has 1 heterocycles. The summed E-state index contributed by atoms with van der Waals surface area (Å²) < 4.78 is 0. The minimum absolute atomic E-state index is 0.0932. The van der Waals surface area contributed by atoms with Gasteiger partial charge in [0.1, 0.15) is 0 Å². The quantitative estimate of drug-likeness (QED) is 0.670. The molecule has 0 fully saturated rings. The Morgan fingerprint density at radius 2 is 1.95 bits per heavy atom. The second kappa shape index (κ2) is 6.68. The van der Waals surface area contributed by atoms with Gasteiger partial charge in [-0.1, -0.05) is 48.5 Å². The van der Waals surface area contributed by atoms with Gasteiger partial charge in [0.05, 0.1) is 5.25 Å². The highest BCUT2D eigenvalue weighted by molar-refractivity contribution is 7.99. The molecule has 0 radical (unpaired) electrons. The molecule has 0 aliphatic heterocycles. The van der Waals surface area contributed by atoms with Gasteiger partial charge in [-0.25, -0.2) is 9.97 Å². The first-order valence-electron chi connectivity index (χ1n) is 6.46. The van der Waals surface area contributed by atoms with Crippen LogP contribution in [0, 0.1) is 6.92 Å². The summed E-state index contributed by atoms with van der Waals surface area (Å²) in [7, 11) is 0. The van der Waals surface area contributed by atoms with Crippen LogP contribution in [0.5, 0.6) is 0 Å². The lowest BCUT2D eigenvalue weighted by Crippen LogP contribution is -2.25. The fourth-order valence-electron chi connectivity index (χ4n) is 1.92. The SMILES string of the molecule is CCC(N)C(Sc1ncccn1)c1cccc(C)c1. The molecule has 0 saturated heterocycles. The molecule has 0 spiro atoms. The van der Waals surface area contributed by atoms with Crippen LogP contribution in [0.15, 0.2) is 47.9 Å². The minimum Gasteiger partial charge on any atom is -0.326 e. The van der Waals surface area contributed by atoms with Gasteiger partial charge in [0.15, 0.2) is 5.16 Å². The molecule has 2 atom stereocenters. The van der Waals surface area contributed by atoms with Crippen molar-refractivity contribution >= 4 is 11.8 Å². The standard InChI is InChI=1S/C15H19N3S/c1-3-13(16)14(12-7-4-6-11(2)10-12)19-15-17-8-5-9-18-15/h4-10,13-14H,3,16H2,1-2H3. The summed E-state index contributed by atoms with van der Waals surface area (Å²) in [6.07, 6.45) is 4.46. The number of rotatable bonds is 5. The Kier molecular flexibility index (Phi) is 4.93. The molecule has 1 aromatic carbocycles. The monoisotopic (exact) mass is 273 g/mol. The van der Waals surface area contributed by atoms with Crippen molar-refractivity contribution in [3.63, 3.8) is 0 Å². The Bertz CT molecular complexity index is 516. The number of aryl methyl sites for hydroxylation is 1. The highest BCUT2D eigenvalue weighted by atomic mass is 32.2. The van der Waals surface area contributed by atoms with Crippen molar-refractivity contribution < 1.29 is 0 Å². The largest absolute Gasteiger partial charge is 0.326 e. The lowest BCUT2D eigenvalue weighted by atomic mass is 10.0. The molecule has 0 aliphatic carbocycles. The first kappa shape index (κ1) is 14.0. The third kappa shape index (κ3) is 3.78. The highest BCUT2D eigenvalue weighted by Crippen LogP contribution is 2.36. The van der Waals surface area contributed by atoms with E-state index >= 15 is 0 Å². The zero-order valence-electron chi connectivity index (χ0n) is 11.3. The maximum absolute atomic E-state index is 6.27. The fourth-order valence-corrected chi connectivity index (χ4v) is 3.04. The van der Waals surface area contributed by atoms with Crippen LogP contribution in [0.3, 0.4) is 0 Å². The highest BCUT2D eigenvalue weighted by Gasteiger charge is 2.21. The molecular formula is C15H19N3S. The first-order chi connectivity index (χ1) is 9.20. The molecule has 2 rings (SSSR count). The van der Waals surface area contributed by atoms with Crippen molar-refractivity contribution in [2.24, 2.45) is 5.73 Å². The van der Waals surface area contributed by atoms with Gasteiger partial charge in [0, 0.05) is 18.4 Å². The average molecular weight is 273 g/mol.